The molecule has 1 amide bonds. The van der Waals surface area contributed by atoms with Crippen LogP contribution in [-0.4, -0.2) is 40.7 Å². The second-order valence-electron chi connectivity index (χ2n) is 9.44. The minimum absolute atomic E-state index is 0.0103. The maximum atomic E-state index is 14.8. The largest absolute Gasteiger partial charge is 0.331 e. The molecule has 2 atom stereocenters. The molecular formula is C27H24ClFN3OP. The number of benzene rings is 3. The predicted octanol–water partition coefficient (Wildman–Crippen LogP) is 6.29. The molecule has 1 unspecified atom stereocenters. The molecule has 3 aromatic carbocycles. The van der Waals surface area contributed by atoms with Crippen molar-refractivity contribution < 1.29 is 9.18 Å². The first kappa shape index (κ1) is 21.8. The first-order valence-electron chi connectivity index (χ1n) is 11.3. The number of fused-ring (bicyclic) bond motifs is 9. The van der Waals surface area contributed by atoms with Gasteiger partial charge in [0.1, 0.15) is 11.6 Å². The number of aromatic nitrogens is 2. The summed E-state index contributed by atoms with van der Waals surface area (Å²) < 4.78 is 17.0. The van der Waals surface area contributed by atoms with Gasteiger partial charge in [0, 0.05) is 34.9 Å². The van der Waals surface area contributed by atoms with Gasteiger partial charge in [-0.25, -0.2) is 9.37 Å². The molecule has 4 aromatic rings. The van der Waals surface area contributed by atoms with Crippen LogP contribution in [0.3, 0.4) is 0 Å². The van der Waals surface area contributed by atoms with E-state index in [2.05, 4.69) is 24.0 Å². The number of hydrogen-bond acceptors (Lipinski definition) is 2. The quantitative estimate of drug-likeness (QED) is 0.309. The van der Waals surface area contributed by atoms with Crippen molar-refractivity contribution in [1.29, 1.82) is 0 Å². The molecular weight excluding hydrogens is 468 g/mol. The molecule has 2 aliphatic rings. The fourth-order valence-electron chi connectivity index (χ4n) is 5.53. The number of rotatable bonds is 2. The van der Waals surface area contributed by atoms with Gasteiger partial charge in [-0.1, -0.05) is 43.8 Å². The normalized spacial score (nSPS) is 19.0. The van der Waals surface area contributed by atoms with E-state index in [9.17, 15) is 9.18 Å². The van der Waals surface area contributed by atoms with Crippen LogP contribution in [0.25, 0.3) is 22.2 Å². The number of hydrogen-bond donors (Lipinski definition) is 0. The van der Waals surface area contributed by atoms with E-state index >= 15 is 0 Å². The number of carbonyl (C=O) groups is 1. The van der Waals surface area contributed by atoms with E-state index in [1.807, 2.05) is 50.4 Å². The topological polar surface area (TPSA) is 38.1 Å². The SMILES string of the molecule is Cc1ccc(Cl)c2c1C(=O)N(C)C1C[C@H]2n2c1nc1ccc(-c3ccc(P(C)C)c(F)c3)cc12. The van der Waals surface area contributed by atoms with Crippen molar-refractivity contribution in [2.24, 2.45) is 0 Å². The van der Waals surface area contributed by atoms with Crippen molar-refractivity contribution in [2.75, 3.05) is 20.4 Å². The molecule has 0 N–H and O–H groups in total. The van der Waals surface area contributed by atoms with E-state index < -0.39 is 7.92 Å². The summed E-state index contributed by atoms with van der Waals surface area (Å²) in [5.41, 5.74) is 6.12. The van der Waals surface area contributed by atoms with Crippen molar-refractivity contribution in [3.63, 3.8) is 0 Å². The second-order valence-corrected chi connectivity index (χ2v) is 12.1. The Labute approximate surface area is 204 Å². The third-order valence-electron chi connectivity index (χ3n) is 7.27. The van der Waals surface area contributed by atoms with Gasteiger partial charge in [0.2, 0.25) is 0 Å². The van der Waals surface area contributed by atoms with E-state index in [1.165, 1.54) is 0 Å². The Morgan fingerprint density at radius 3 is 2.53 bits per heavy atom. The zero-order valence-corrected chi connectivity index (χ0v) is 21.1. The Morgan fingerprint density at radius 2 is 1.79 bits per heavy atom. The van der Waals surface area contributed by atoms with Gasteiger partial charge in [-0.2, -0.15) is 0 Å². The van der Waals surface area contributed by atoms with Gasteiger partial charge >= 0.3 is 0 Å². The van der Waals surface area contributed by atoms with Crippen molar-refractivity contribution in [2.45, 2.75) is 25.4 Å². The zero-order valence-electron chi connectivity index (χ0n) is 19.4. The maximum Gasteiger partial charge on any atom is 0.254 e. The number of amides is 1. The molecule has 0 fully saturated rings. The van der Waals surface area contributed by atoms with Crippen LogP contribution in [0.15, 0.2) is 48.5 Å². The molecule has 0 saturated carbocycles. The van der Waals surface area contributed by atoms with Crippen molar-refractivity contribution in [3.8, 4) is 11.1 Å². The monoisotopic (exact) mass is 491 g/mol. The van der Waals surface area contributed by atoms with Crippen LogP contribution in [0.4, 0.5) is 4.39 Å². The highest BCUT2D eigenvalue weighted by molar-refractivity contribution is 7.64. The zero-order chi connectivity index (χ0) is 23.9. The smallest absolute Gasteiger partial charge is 0.254 e. The van der Waals surface area contributed by atoms with Gasteiger partial charge in [0.05, 0.1) is 23.1 Å². The van der Waals surface area contributed by atoms with E-state index in [-0.39, 0.29) is 23.8 Å². The summed E-state index contributed by atoms with van der Waals surface area (Å²) in [4.78, 5) is 20.1. The number of imidazole rings is 1. The Kier molecular flexibility index (Phi) is 4.88. The number of aryl methyl sites for hydroxylation is 1. The molecule has 2 aliphatic heterocycles. The molecule has 0 aliphatic carbocycles. The van der Waals surface area contributed by atoms with E-state index in [0.717, 1.165) is 50.8 Å². The van der Waals surface area contributed by atoms with Gasteiger partial charge in [0.25, 0.3) is 5.91 Å². The minimum Gasteiger partial charge on any atom is -0.331 e. The van der Waals surface area contributed by atoms with Crippen LogP contribution in [0.2, 0.25) is 5.02 Å². The molecule has 34 heavy (non-hydrogen) atoms. The highest BCUT2D eigenvalue weighted by Gasteiger charge is 2.44. The third kappa shape index (κ3) is 3.00. The predicted molar refractivity (Wildman–Crippen MR) is 137 cm³/mol. The maximum absolute atomic E-state index is 14.8. The number of halogens is 2. The summed E-state index contributed by atoms with van der Waals surface area (Å²) >= 11 is 6.72. The average molecular weight is 492 g/mol. The Bertz CT molecular complexity index is 1510. The molecule has 0 saturated heterocycles. The van der Waals surface area contributed by atoms with Gasteiger partial charge in [-0.15, -0.1) is 0 Å². The van der Waals surface area contributed by atoms with Gasteiger partial charge < -0.3 is 9.47 Å². The Morgan fingerprint density at radius 1 is 1.06 bits per heavy atom. The summed E-state index contributed by atoms with van der Waals surface area (Å²) in [6.07, 6.45) is 0.737. The van der Waals surface area contributed by atoms with E-state index in [4.69, 9.17) is 16.6 Å². The van der Waals surface area contributed by atoms with Crippen LogP contribution in [0.5, 0.6) is 0 Å². The Hall–Kier alpha value is -2.75. The standard InChI is InChI=1S/C27H24ClFN3OP/c1-14-5-8-17(28)25-21-13-22(31(2)27(33)24(14)25)26-30-19-9-6-16(12-20(19)32(21)26)15-7-10-23(34(3)4)18(29)11-15/h5-12,21-22H,13H2,1-4H3/t21-,22?/m1/s1. The molecule has 0 radical (unpaired) electrons. The first-order chi connectivity index (χ1) is 16.3. The second kappa shape index (κ2) is 7.63. The van der Waals surface area contributed by atoms with Crippen LogP contribution < -0.4 is 5.30 Å². The van der Waals surface area contributed by atoms with Crippen LogP contribution in [0.1, 0.15) is 45.8 Å². The lowest BCUT2D eigenvalue weighted by Gasteiger charge is -2.25. The molecule has 3 heterocycles. The fourth-order valence-corrected chi connectivity index (χ4v) is 6.68. The van der Waals surface area contributed by atoms with E-state index in [0.29, 0.717) is 10.6 Å². The molecule has 4 nitrogen and oxygen atoms in total. The molecule has 6 rings (SSSR count). The highest BCUT2D eigenvalue weighted by atomic mass is 35.5. The minimum atomic E-state index is -0.503. The molecule has 0 spiro atoms. The van der Waals surface area contributed by atoms with Crippen molar-refractivity contribution in [3.05, 3.63) is 81.9 Å². The summed E-state index contributed by atoms with van der Waals surface area (Å²) in [7, 11) is 1.34. The average Bonchev–Trinajstić information content (AvgIpc) is 3.32. The lowest BCUT2D eigenvalue weighted by Crippen LogP contribution is -2.31. The molecule has 7 heteroatoms. The lowest BCUT2D eigenvalue weighted by molar-refractivity contribution is 0.0733. The third-order valence-corrected chi connectivity index (χ3v) is 8.93. The number of carbonyl (C=O) groups excluding carboxylic acids is 1. The highest BCUT2D eigenvalue weighted by Crippen LogP contribution is 2.49. The fraction of sp³-hybridized carbons (Fsp3) is 0.259. The van der Waals surface area contributed by atoms with Crippen LogP contribution in [0, 0.1) is 12.7 Å². The first-order valence-corrected chi connectivity index (χ1v) is 13.9. The summed E-state index contributed by atoms with van der Waals surface area (Å²) in [6, 6.07) is 15.2. The lowest BCUT2D eigenvalue weighted by atomic mass is 9.95. The van der Waals surface area contributed by atoms with Crippen LogP contribution >= 0.6 is 19.5 Å². The van der Waals surface area contributed by atoms with Gasteiger partial charge in [-0.05, 0) is 61.2 Å². The summed E-state index contributed by atoms with van der Waals surface area (Å²) in [6.45, 7) is 6.08. The van der Waals surface area contributed by atoms with Gasteiger partial charge in [-0.3, -0.25) is 4.79 Å². The van der Waals surface area contributed by atoms with Crippen molar-refractivity contribution >= 4 is 41.8 Å². The molecule has 172 valence electrons. The summed E-state index contributed by atoms with van der Waals surface area (Å²) in [5.74, 6) is 0.708. The molecule has 1 aromatic heterocycles. The number of nitrogens with zero attached hydrogens (tertiary/aromatic N) is 3. The Balaban J connectivity index is 1.57. The van der Waals surface area contributed by atoms with Crippen molar-refractivity contribution in [1.82, 2.24) is 14.5 Å². The van der Waals surface area contributed by atoms with E-state index in [1.54, 1.807) is 11.0 Å². The van der Waals surface area contributed by atoms with Gasteiger partial charge in [0.15, 0.2) is 0 Å². The van der Waals surface area contributed by atoms with Crippen LogP contribution in [-0.2, 0) is 0 Å². The summed E-state index contributed by atoms with van der Waals surface area (Å²) in [5, 5.41) is 1.39. The molecule has 2 bridgehead atoms.